The Hall–Kier alpha value is -7.10. The van der Waals surface area contributed by atoms with Crippen molar-refractivity contribution >= 4 is 39.3 Å². The number of rotatable bonds is 5. The second kappa shape index (κ2) is 11.6. The maximum absolute atomic E-state index is 14.7. The van der Waals surface area contributed by atoms with Crippen LogP contribution in [0.2, 0.25) is 0 Å². The summed E-state index contributed by atoms with van der Waals surface area (Å²) in [5, 5.41) is 11.5. The Morgan fingerprint density at radius 3 is 1.90 bits per heavy atom. The molecule has 50 heavy (non-hydrogen) atoms. The van der Waals surface area contributed by atoms with Crippen LogP contribution in [0.15, 0.2) is 158 Å². The maximum Gasteiger partial charge on any atom is 0.268 e. The maximum atomic E-state index is 14.7. The van der Waals surface area contributed by atoms with E-state index in [1.807, 2.05) is 133 Å². The number of anilines is 1. The number of aromatic nitrogens is 2. The molecule has 2 amide bonds. The standard InChI is InChI=1S/C44H26N4O2/c45-27-33-15-9-18-38(46-33)30-21-22-36-35-16-7-8-19-39(35)48(41(36)26-30)40-20-10-17-37-42(40)44(50)47(43(37)49)34-24-31(28-11-3-1-4-12-28)23-32(25-34)29-13-5-2-6-14-29/h1-26H. The summed E-state index contributed by atoms with van der Waals surface area (Å²) >= 11 is 0. The molecule has 0 bridgehead atoms. The van der Waals surface area contributed by atoms with Gasteiger partial charge >= 0.3 is 0 Å². The normalized spacial score (nSPS) is 12.4. The molecular formula is C44H26N4O2. The number of hydrogen-bond donors (Lipinski definition) is 0. The first-order chi connectivity index (χ1) is 24.6. The van der Waals surface area contributed by atoms with E-state index in [1.54, 1.807) is 12.1 Å². The van der Waals surface area contributed by atoms with Crippen molar-refractivity contribution in [3.8, 4) is 45.3 Å². The Balaban J connectivity index is 1.24. The van der Waals surface area contributed by atoms with Crippen molar-refractivity contribution in [1.82, 2.24) is 9.55 Å². The van der Waals surface area contributed by atoms with Crippen LogP contribution in [0, 0.1) is 11.3 Å². The van der Waals surface area contributed by atoms with Gasteiger partial charge in [0.2, 0.25) is 0 Å². The largest absolute Gasteiger partial charge is 0.308 e. The first-order valence-corrected chi connectivity index (χ1v) is 16.3. The molecule has 2 aromatic heterocycles. The molecule has 0 saturated heterocycles. The van der Waals surface area contributed by atoms with Crippen LogP contribution in [-0.2, 0) is 0 Å². The highest BCUT2D eigenvalue weighted by atomic mass is 16.2. The summed E-state index contributed by atoms with van der Waals surface area (Å²) in [7, 11) is 0. The average molecular weight is 643 g/mol. The average Bonchev–Trinajstić information content (AvgIpc) is 3.65. The molecule has 0 fully saturated rings. The van der Waals surface area contributed by atoms with Crippen LogP contribution in [0.1, 0.15) is 26.4 Å². The molecule has 1 aliphatic rings. The van der Waals surface area contributed by atoms with Crippen molar-refractivity contribution in [2.24, 2.45) is 0 Å². The summed E-state index contributed by atoms with van der Waals surface area (Å²) in [6, 6.07) is 53.0. The van der Waals surface area contributed by atoms with Crippen LogP contribution < -0.4 is 4.90 Å². The number of fused-ring (bicyclic) bond motifs is 4. The zero-order chi connectivity index (χ0) is 33.8. The van der Waals surface area contributed by atoms with Crippen molar-refractivity contribution in [3.63, 3.8) is 0 Å². The number of imide groups is 1. The van der Waals surface area contributed by atoms with E-state index < -0.39 is 0 Å². The highest BCUT2D eigenvalue weighted by molar-refractivity contribution is 6.36. The molecule has 0 unspecified atom stereocenters. The van der Waals surface area contributed by atoms with Crippen LogP contribution in [0.4, 0.5) is 5.69 Å². The number of hydrogen-bond acceptors (Lipinski definition) is 4. The van der Waals surface area contributed by atoms with Gasteiger partial charge in [-0.2, -0.15) is 5.26 Å². The van der Waals surface area contributed by atoms with Gasteiger partial charge in [0.15, 0.2) is 0 Å². The minimum absolute atomic E-state index is 0.333. The van der Waals surface area contributed by atoms with Gasteiger partial charge in [-0.25, -0.2) is 9.88 Å². The second-order valence-corrected chi connectivity index (χ2v) is 12.3. The molecule has 8 aromatic rings. The summed E-state index contributed by atoms with van der Waals surface area (Å²) in [6.07, 6.45) is 0. The fourth-order valence-electron chi connectivity index (χ4n) is 7.07. The van der Waals surface area contributed by atoms with E-state index in [9.17, 15) is 14.9 Å². The molecule has 6 heteroatoms. The Morgan fingerprint density at radius 1 is 0.520 bits per heavy atom. The number of carbonyl (C=O) groups excluding carboxylic acids is 2. The highest BCUT2D eigenvalue weighted by Gasteiger charge is 2.39. The van der Waals surface area contributed by atoms with Crippen LogP contribution in [0.5, 0.6) is 0 Å². The van der Waals surface area contributed by atoms with E-state index in [0.717, 1.165) is 49.6 Å². The van der Waals surface area contributed by atoms with Crippen molar-refractivity contribution in [3.05, 3.63) is 175 Å². The van der Waals surface area contributed by atoms with Crippen molar-refractivity contribution < 1.29 is 9.59 Å². The van der Waals surface area contributed by atoms with E-state index in [1.165, 1.54) is 4.90 Å². The van der Waals surface area contributed by atoms with E-state index in [2.05, 4.69) is 27.8 Å². The van der Waals surface area contributed by atoms with E-state index >= 15 is 0 Å². The van der Waals surface area contributed by atoms with Crippen LogP contribution in [0.25, 0.3) is 61.0 Å². The predicted molar refractivity (Wildman–Crippen MR) is 197 cm³/mol. The molecular weight excluding hydrogens is 617 g/mol. The first kappa shape index (κ1) is 29.1. The van der Waals surface area contributed by atoms with Gasteiger partial charge < -0.3 is 4.57 Å². The Labute approximate surface area is 287 Å². The molecule has 3 heterocycles. The molecule has 6 nitrogen and oxygen atoms in total. The lowest BCUT2D eigenvalue weighted by molar-refractivity contribution is 0.0926. The molecule has 0 atom stereocenters. The van der Waals surface area contributed by atoms with Gasteiger partial charge in [-0.15, -0.1) is 0 Å². The van der Waals surface area contributed by atoms with Crippen molar-refractivity contribution in [2.75, 3.05) is 4.90 Å². The topological polar surface area (TPSA) is 79.0 Å². The number of nitrogens with zero attached hydrogens (tertiary/aromatic N) is 4. The van der Waals surface area contributed by atoms with E-state index in [-0.39, 0.29) is 11.8 Å². The fraction of sp³-hybridized carbons (Fsp3) is 0. The third-order valence-corrected chi connectivity index (χ3v) is 9.36. The summed E-state index contributed by atoms with van der Waals surface area (Å²) in [5.74, 6) is -0.745. The lowest BCUT2D eigenvalue weighted by Gasteiger charge is -2.18. The molecule has 0 spiro atoms. The Kier molecular flexibility index (Phi) is 6.72. The summed E-state index contributed by atoms with van der Waals surface area (Å²) in [4.78, 5) is 34.9. The molecule has 0 aliphatic carbocycles. The van der Waals surface area contributed by atoms with Crippen LogP contribution in [0.3, 0.4) is 0 Å². The smallest absolute Gasteiger partial charge is 0.268 e. The molecule has 234 valence electrons. The van der Waals surface area contributed by atoms with Crippen LogP contribution in [-0.4, -0.2) is 21.4 Å². The lowest BCUT2D eigenvalue weighted by atomic mass is 9.97. The van der Waals surface area contributed by atoms with E-state index in [4.69, 9.17) is 0 Å². The first-order valence-electron chi connectivity index (χ1n) is 16.3. The zero-order valence-electron chi connectivity index (χ0n) is 26.6. The third kappa shape index (κ3) is 4.61. The fourth-order valence-corrected chi connectivity index (χ4v) is 7.07. The predicted octanol–water partition coefficient (Wildman–Crippen LogP) is 9.85. The van der Waals surface area contributed by atoms with Gasteiger partial charge in [0, 0.05) is 16.3 Å². The SMILES string of the molecule is N#Cc1cccc(-c2ccc3c4ccccc4n(-c4cccc5c4C(=O)N(c4cc(-c6ccccc6)cc(-c6ccccc6)c4)C5=O)c3c2)n1. The molecule has 6 aromatic carbocycles. The summed E-state index contributed by atoms with van der Waals surface area (Å²) < 4.78 is 2.06. The number of amides is 2. The molecule has 9 rings (SSSR count). The van der Waals surface area contributed by atoms with Gasteiger partial charge in [-0.3, -0.25) is 9.59 Å². The molecule has 0 radical (unpaired) electrons. The van der Waals surface area contributed by atoms with Gasteiger partial charge in [0.05, 0.1) is 39.2 Å². The monoisotopic (exact) mass is 642 g/mol. The summed E-state index contributed by atoms with van der Waals surface area (Å²) in [6.45, 7) is 0. The van der Waals surface area contributed by atoms with Gasteiger partial charge in [-0.1, -0.05) is 103 Å². The molecule has 0 N–H and O–H groups in total. The molecule has 0 saturated carbocycles. The van der Waals surface area contributed by atoms with E-state index in [0.29, 0.717) is 33.9 Å². The number of benzene rings is 6. The van der Waals surface area contributed by atoms with Crippen molar-refractivity contribution in [1.29, 1.82) is 5.26 Å². The Morgan fingerprint density at radius 2 is 1.18 bits per heavy atom. The molecule has 1 aliphatic heterocycles. The minimum atomic E-state index is -0.379. The van der Waals surface area contributed by atoms with Crippen molar-refractivity contribution in [2.45, 2.75) is 0 Å². The van der Waals surface area contributed by atoms with Gasteiger partial charge in [0.25, 0.3) is 11.8 Å². The minimum Gasteiger partial charge on any atom is -0.308 e. The second-order valence-electron chi connectivity index (χ2n) is 12.3. The highest BCUT2D eigenvalue weighted by Crippen LogP contribution is 2.40. The Bertz CT molecular complexity index is 2650. The number of para-hydroxylation sites is 1. The van der Waals surface area contributed by atoms with Gasteiger partial charge in [-0.05, 0) is 76.9 Å². The summed E-state index contributed by atoms with van der Waals surface area (Å²) in [5.41, 5.74) is 9.21. The zero-order valence-corrected chi connectivity index (χ0v) is 26.6. The quantitative estimate of drug-likeness (QED) is 0.175. The lowest BCUT2D eigenvalue weighted by Crippen LogP contribution is -2.29. The number of pyridine rings is 1. The third-order valence-electron chi connectivity index (χ3n) is 9.36. The van der Waals surface area contributed by atoms with Crippen LogP contribution >= 0.6 is 0 Å². The number of nitriles is 1. The number of carbonyl (C=O) groups is 2. The van der Waals surface area contributed by atoms with Gasteiger partial charge in [0.1, 0.15) is 11.8 Å².